The topological polar surface area (TPSA) is 30.9 Å². The van der Waals surface area contributed by atoms with Gasteiger partial charge in [0, 0.05) is 39.5 Å². The lowest BCUT2D eigenvalue weighted by atomic mass is 9.81. The number of hydrogen-bond donors (Lipinski definition) is 1. The van der Waals surface area contributed by atoms with Crippen molar-refractivity contribution in [3.05, 3.63) is 205 Å². The van der Waals surface area contributed by atoms with Crippen molar-refractivity contribution in [1.82, 2.24) is 4.57 Å². The quantitative estimate of drug-likeness (QED) is 0.159. The molecule has 0 aliphatic heterocycles. The number of para-hydroxylation sites is 3. The zero-order chi connectivity index (χ0) is 35.7. The van der Waals surface area contributed by atoms with Gasteiger partial charge in [0.1, 0.15) is 0 Å². The number of benzene rings is 7. The Morgan fingerprint density at radius 3 is 2.08 bits per heavy atom. The Morgan fingerprint density at radius 1 is 0.585 bits per heavy atom. The van der Waals surface area contributed by atoms with Gasteiger partial charge in [-0.3, -0.25) is 0 Å². The van der Waals surface area contributed by atoms with Crippen LogP contribution in [-0.4, -0.2) is 4.57 Å². The normalized spacial score (nSPS) is 14.5. The molecule has 1 aromatic heterocycles. The number of fused-ring (bicyclic) bond motifs is 3. The Kier molecular flexibility index (Phi) is 8.57. The van der Waals surface area contributed by atoms with E-state index in [1.54, 1.807) is 0 Å². The van der Waals surface area contributed by atoms with Gasteiger partial charge in [-0.05, 0) is 99.8 Å². The molecule has 2 unspecified atom stereocenters. The van der Waals surface area contributed by atoms with Gasteiger partial charge in [-0.2, -0.15) is 0 Å². The number of aromatic nitrogens is 1. The molecule has 2 heteroatoms. The number of hydrogen-bond acceptors (Lipinski definition) is 1. The molecule has 0 saturated heterocycles. The maximum Gasteiger partial charge on any atom is 0.0541 e. The van der Waals surface area contributed by atoms with Gasteiger partial charge in [-0.1, -0.05) is 153 Å². The van der Waals surface area contributed by atoms with Crippen LogP contribution in [-0.2, 0) is 0 Å². The average molecular weight is 683 g/mol. The number of anilines is 1. The standard InChI is InChI=1S/C51H42N2/c1-2-41(37-27-25-36(26-28-37)35-15-5-3-6-16-35)42-19-9-10-20-43(42)44-31-29-38(33-47(44)45-21-11-13-23-49(45)52)39-30-32-51-48(34-39)46-22-12-14-24-50(46)53(51)40-17-7-4-8-18-40/h3-15,17-35,41H,2,16,52H2,1H3. The van der Waals surface area contributed by atoms with Crippen LogP contribution in [0.2, 0.25) is 0 Å². The first-order valence-electron chi connectivity index (χ1n) is 18.8. The van der Waals surface area contributed by atoms with Crippen molar-refractivity contribution in [2.45, 2.75) is 31.6 Å². The van der Waals surface area contributed by atoms with Crippen LogP contribution in [0.4, 0.5) is 5.69 Å². The van der Waals surface area contributed by atoms with Crippen LogP contribution in [0.5, 0.6) is 0 Å². The molecule has 0 saturated carbocycles. The summed E-state index contributed by atoms with van der Waals surface area (Å²) < 4.78 is 2.37. The highest BCUT2D eigenvalue weighted by atomic mass is 15.0. The number of nitrogens with zero attached hydrogens (tertiary/aromatic N) is 1. The summed E-state index contributed by atoms with van der Waals surface area (Å²) in [6.45, 7) is 2.30. The molecule has 53 heavy (non-hydrogen) atoms. The molecule has 2 N–H and O–H groups in total. The maximum absolute atomic E-state index is 6.76. The third-order valence-electron chi connectivity index (χ3n) is 11.1. The number of nitrogens with two attached hydrogens (primary N) is 1. The van der Waals surface area contributed by atoms with Gasteiger partial charge in [0.15, 0.2) is 0 Å². The van der Waals surface area contributed by atoms with Crippen molar-refractivity contribution in [3.8, 4) is 39.1 Å². The number of nitrogen functional groups attached to an aromatic ring is 1. The number of rotatable bonds is 8. The molecule has 256 valence electrons. The lowest BCUT2D eigenvalue weighted by Crippen LogP contribution is -2.04. The van der Waals surface area contributed by atoms with E-state index in [4.69, 9.17) is 5.73 Å². The summed E-state index contributed by atoms with van der Waals surface area (Å²) in [5.74, 6) is 0.703. The van der Waals surface area contributed by atoms with Crippen LogP contribution in [0, 0.1) is 0 Å². The summed E-state index contributed by atoms with van der Waals surface area (Å²) >= 11 is 0. The first kappa shape index (κ1) is 32.5. The fraction of sp³-hybridized carbons (Fsp3) is 0.0980. The third-order valence-corrected chi connectivity index (χ3v) is 11.1. The first-order valence-corrected chi connectivity index (χ1v) is 18.8. The van der Waals surface area contributed by atoms with E-state index in [1.807, 2.05) is 12.1 Å². The Bertz CT molecular complexity index is 2640. The second-order valence-corrected chi connectivity index (χ2v) is 14.1. The highest BCUT2D eigenvalue weighted by molar-refractivity contribution is 6.10. The number of allylic oxidation sites excluding steroid dienone is 4. The van der Waals surface area contributed by atoms with E-state index in [1.165, 1.54) is 55.2 Å². The molecule has 1 heterocycles. The van der Waals surface area contributed by atoms with Crippen LogP contribution in [0.1, 0.15) is 48.3 Å². The van der Waals surface area contributed by atoms with Gasteiger partial charge in [-0.15, -0.1) is 0 Å². The van der Waals surface area contributed by atoms with Gasteiger partial charge in [-0.25, -0.2) is 0 Å². The van der Waals surface area contributed by atoms with E-state index in [0.29, 0.717) is 5.92 Å². The van der Waals surface area contributed by atoms with Gasteiger partial charge in [0.05, 0.1) is 11.0 Å². The molecule has 8 aromatic rings. The minimum atomic E-state index is 0.257. The highest BCUT2D eigenvalue weighted by Gasteiger charge is 2.21. The molecule has 7 aromatic carbocycles. The second-order valence-electron chi connectivity index (χ2n) is 14.1. The molecule has 0 amide bonds. The molecule has 0 radical (unpaired) electrons. The predicted molar refractivity (Wildman–Crippen MR) is 226 cm³/mol. The van der Waals surface area contributed by atoms with Crippen molar-refractivity contribution >= 4 is 27.5 Å². The SMILES string of the molecule is CCC(c1ccc(C2C=CC=CC2)cc1)c1ccccc1-c1ccc(-c2ccc3c(c2)c2ccccc2n3-c2ccccc2)cc1-c1ccccc1N. The molecule has 0 spiro atoms. The largest absolute Gasteiger partial charge is 0.398 e. The van der Waals surface area contributed by atoms with E-state index in [9.17, 15) is 0 Å². The second kappa shape index (κ2) is 14.0. The van der Waals surface area contributed by atoms with Crippen LogP contribution in [0.3, 0.4) is 0 Å². The summed E-state index contributed by atoms with van der Waals surface area (Å²) in [5, 5.41) is 2.49. The summed E-state index contributed by atoms with van der Waals surface area (Å²) in [7, 11) is 0. The lowest BCUT2D eigenvalue weighted by Gasteiger charge is -2.23. The zero-order valence-corrected chi connectivity index (χ0v) is 30.0. The Balaban J connectivity index is 1.17. The summed E-state index contributed by atoms with van der Waals surface area (Å²) in [6, 6.07) is 59.7. The molecule has 1 aliphatic carbocycles. The molecule has 2 atom stereocenters. The van der Waals surface area contributed by atoms with E-state index in [2.05, 4.69) is 187 Å². The van der Waals surface area contributed by atoms with E-state index in [-0.39, 0.29) is 5.92 Å². The summed E-state index contributed by atoms with van der Waals surface area (Å²) in [6.07, 6.45) is 10.9. The Labute approximate surface area is 312 Å². The zero-order valence-electron chi connectivity index (χ0n) is 30.0. The minimum Gasteiger partial charge on any atom is -0.398 e. The molecule has 2 nitrogen and oxygen atoms in total. The fourth-order valence-electron chi connectivity index (χ4n) is 8.42. The van der Waals surface area contributed by atoms with Crippen molar-refractivity contribution in [2.24, 2.45) is 0 Å². The molecule has 9 rings (SSSR count). The van der Waals surface area contributed by atoms with Gasteiger partial charge in [0.25, 0.3) is 0 Å². The summed E-state index contributed by atoms with van der Waals surface area (Å²) in [5.41, 5.74) is 22.1. The van der Waals surface area contributed by atoms with Crippen molar-refractivity contribution in [3.63, 3.8) is 0 Å². The van der Waals surface area contributed by atoms with Crippen LogP contribution >= 0.6 is 0 Å². The highest BCUT2D eigenvalue weighted by Crippen LogP contribution is 2.43. The third kappa shape index (κ3) is 5.97. The summed E-state index contributed by atoms with van der Waals surface area (Å²) in [4.78, 5) is 0. The van der Waals surface area contributed by atoms with Crippen LogP contribution in [0.25, 0.3) is 60.9 Å². The molecule has 0 bridgehead atoms. The smallest absolute Gasteiger partial charge is 0.0541 e. The maximum atomic E-state index is 6.76. The van der Waals surface area contributed by atoms with Gasteiger partial charge in [0.2, 0.25) is 0 Å². The Morgan fingerprint density at radius 2 is 1.28 bits per heavy atom. The van der Waals surface area contributed by atoms with Crippen molar-refractivity contribution in [1.29, 1.82) is 0 Å². The Hall–Kier alpha value is -6.38. The van der Waals surface area contributed by atoms with Gasteiger partial charge >= 0.3 is 0 Å². The molecule has 1 aliphatic rings. The van der Waals surface area contributed by atoms with Crippen LogP contribution in [0.15, 0.2) is 188 Å². The molecular weight excluding hydrogens is 641 g/mol. The van der Waals surface area contributed by atoms with Crippen molar-refractivity contribution < 1.29 is 0 Å². The first-order chi connectivity index (χ1) is 26.2. The van der Waals surface area contributed by atoms with E-state index >= 15 is 0 Å². The molecular formula is C51H42N2. The fourth-order valence-corrected chi connectivity index (χ4v) is 8.42. The lowest BCUT2D eigenvalue weighted by molar-refractivity contribution is 0.776. The minimum absolute atomic E-state index is 0.257. The van der Waals surface area contributed by atoms with Crippen LogP contribution < -0.4 is 5.73 Å². The predicted octanol–water partition coefficient (Wildman–Crippen LogP) is 13.5. The van der Waals surface area contributed by atoms with E-state index in [0.717, 1.165) is 40.9 Å². The monoisotopic (exact) mass is 682 g/mol. The van der Waals surface area contributed by atoms with Crippen molar-refractivity contribution in [2.75, 3.05) is 5.73 Å². The van der Waals surface area contributed by atoms with Gasteiger partial charge < -0.3 is 10.3 Å². The van der Waals surface area contributed by atoms with E-state index < -0.39 is 0 Å². The molecule has 0 fully saturated rings. The average Bonchev–Trinajstić information content (AvgIpc) is 3.56.